The zero-order chi connectivity index (χ0) is 13.0. The molecule has 2 N–H and O–H groups in total. The van der Waals surface area contributed by atoms with Crippen LogP contribution < -0.4 is 5.73 Å². The van der Waals surface area contributed by atoms with E-state index in [0.29, 0.717) is 18.7 Å². The molecule has 0 spiro atoms. The number of hydrogen-bond acceptors (Lipinski definition) is 4. The molecule has 0 radical (unpaired) electrons. The highest BCUT2D eigenvalue weighted by molar-refractivity contribution is 7.98. The highest BCUT2D eigenvalue weighted by Crippen LogP contribution is 2.24. The molecule has 1 aromatic rings. The van der Waals surface area contributed by atoms with E-state index in [9.17, 15) is 0 Å². The van der Waals surface area contributed by atoms with Crippen molar-refractivity contribution in [2.75, 3.05) is 32.5 Å². The zero-order valence-electron chi connectivity index (χ0n) is 11.1. The molecule has 1 aliphatic rings. The van der Waals surface area contributed by atoms with Crippen LogP contribution in [0.4, 0.5) is 0 Å². The summed E-state index contributed by atoms with van der Waals surface area (Å²) in [5.74, 6) is 0. The third kappa shape index (κ3) is 3.26. The Labute approximate surface area is 114 Å². The summed E-state index contributed by atoms with van der Waals surface area (Å²) in [7, 11) is 0. The van der Waals surface area contributed by atoms with Crippen LogP contribution in [0, 0.1) is 0 Å². The van der Waals surface area contributed by atoms with Gasteiger partial charge in [0.15, 0.2) is 0 Å². The molecule has 1 aliphatic heterocycles. The summed E-state index contributed by atoms with van der Waals surface area (Å²) in [5.41, 5.74) is 7.27. The van der Waals surface area contributed by atoms with E-state index in [1.807, 2.05) is 0 Å². The molecule has 0 aromatic heterocycles. The van der Waals surface area contributed by atoms with Crippen LogP contribution in [0.15, 0.2) is 29.2 Å². The third-order valence-electron chi connectivity index (χ3n) is 3.44. The van der Waals surface area contributed by atoms with Crippen molar-refractivity contribution in [3.63, 3.8) is 0 Å². The first kappa shape index (κ1) is 13.9. The zero-order valence-corrected chi connectivity index (χ0v) is 12.0. The van der Waals surface area contributed by atoms with Gasteiger partial charge in [-0.1, -0.05) is 12.1 Å². The van der Waals surface area contributed by atoms with Crippen LogP contribution in [-0.2, 0) is 4.74 Å². The second-order valence-corrected chi connectivity index (χ2v) is 5.58. The predicted octanol–water partition coefficient (Wildman–Crippen LogP) is 2.13. The van der Waals surface area contributed by atoms with Crippen molar-refractivity contribution in [3.05, 3.63) is 29.8 Å². The summed E-state index contributed by atoms with van der Waals surface area (Å²) in [6, 6.07) is 9.05. The number of thioether (sulfide) groups is 1. The van der Waals surface area contributed by atoms with Crippen LogP contribution in [0.5, 0.6) is 0 Å². The van der Waals surface area contributed by atoms with Gasteiger partial charge in [-0.05, 0) is 30.9 Å². The van der Waals surface area contributed by atoms with Crippen molar-refractivity contribution < 1.29 is 4.74 Å². The van der Waals surface area contributed by atoms with Crippen LogP contribution in [-0.4, -0.2) is 43.5 Å². The fourth-order valence-electron chi connectivity index (χ4n) is 2.45. The lowest BCUT2D eigenvalue weighted by Gasteiger charge is -2.37. The molecule has 0 saturated carbocycles. The second-order valence-electron chi connectivity index (χ2n) is 4.70. The molecule has 2 atom stereocenters. The summed E-state index contributed by atoms with van der Waals surface area (Å²) in [6.07, 6.45) is 2.40. The maximum atomic E-state index is 5.96. The lowest BCUT2D eigenvalue weighted by molar-refractivity contribution is -0.0333. The van der Waals surface area contributed by atoms with Gasteiger partial charge < -0.3 is 10.5 Å². The monoisotopic (exact) mass is 266 g/mol. The van der Waals surface area contributed by atoms with E-state index in [1.165, 1.54) is 10.5 Å². The van der Waals surface area contributed by atoms with Gasteiger partial charge in [-0.2, -0.15) is 0 Å². The molecule has 3 nitrogen and oxygen atoms in total. The minimum Gasteiger partial charge on any atom is -0.376 e. The van der Waals surface area contributed by atoms with Crippen molar-refractivity contribution in [2.45, 2.75) is 24.0 Å². The van der Waals surface area contributed by atoms with E-state index in [2.05, 4.69) is 42.3 Å². The van der Waals surface area contributed by atoms with Crippen molar-refractivity contribution in [3.8, 4) is 0 Å². The number of nitrogens with two attached hydrogens (primary N) is 1. The fourth-order valence-corrected chi connectivity index (χ4v) is 2.86. The first-order chi connectivity index (χ1) is 8.74. The first-order valence-electron chi connectivity index (χ1n) is 6.44. The average Bonchev–Trinajstić information content (AvgIpc) is 2.40. The maximum Gasteiger partial charge on any atom is 0.0674 e. The largest absolute Gasteiger partial charge is 0.376 e. The molecule has 18 heavy (non-hydrogen) atoms. The molecule has 4 heteroatoms. The lowest BCUT2D eigenvalue weighted by atomic mass is 10.0. The first-order valence-corrected chi connectivity index (χ1v) is 7.66. The Hall–Kier alpha value is -0.550. The molecule has 100 valence electrons. The Bertz CT molecular complexity index is 369. The normalized spacial score (nSPS) is 22.9. The Kier molecular flexibility index (Phi) is 5.06. The van der Waals surface area contributed by atoms with Crippen LogP contribution in [0.1, 0.15) is 18.5 Å². The molecule has 1 saturated heterocycles. The molecule has 1 fully saturated rings. The van der Waals surface area contributed by atoms with Gasteiger partial charge in [0.2, 0.25) is 0 Å². The Morgan fingerprint density at radius 3 is 2.72 bits per heavy atom. The summed E-state index contributed by atoms with van der Waals surface area (Å²) >= 11 is 1.77. The molecule has 1 heterocycles. The van der Waals surface area contributed by atoms with E-state index < -0.39 is 0 Å². The summed E-state index contributed by atoms with van der Waals surface area (Å²) < 4.78 is 5.59. The predicted molar refractivity (Wildman–Crippen MR) is 77.0 cm³/mol. The fraction of sp³-hybridized carbons (Fsp3) is 0.571. The molecule has 2 unspecified atom stereocenters. The smallest absolute Gasteiger partial charge is 0.0674 e. The minimum absolute atomic E-state index is 0.304. The van der Waals surface area contributed by atoms with Gasteiger partial charge >= 0.3 is 0 Å². The van der Waals surface area contributed by atoms with E-state index in [0.717, 1.165) is 19.7 Å². The van der Waals surface area contributed by atoms with E-state index in [4.69, 9.17) is 10.5 Å². The van der Waals surface area contributed by atoms with Crippen molar-refractivity contribution in [1.29, 1.82) is 0 Å². The number of nitrogens with zero attached hydrogens (tertiary/aromatic N) is 1. The van der Waals surface area contributed by atoms with Crippen LogP contribution in [0.2, 0.25) is 0 Å². The highest BCUT2D eigenvalue weighted by atomic mass is 32.2. The molecule has 2 rings (SSSR count). The van der Waals surface area contributed by atoms with Gasteiger partial charge in [0.25, 0.3) is 0 Å². The molecular formula is C14H22N2OS. The summed E-state index contributed by atoms with van der Waals surface area (Å²) in [5, 5.41) is 0. The lowest BCUT2D eigenvalue weighted by Crippen LogP contribution is -2.45. The average molecular weight is 266 g/mol. The molecule has 0 amide bonds. The Morgan fingerprint density at radius 1 is 1.44 bits per heavy atom. The summed E-state index contributed by atoms with van der Waals surface area (Å²) in [4.78, 5) is 3.73. The molecule has 0 bridgehead atoms. The number of benzene rings is 1. The van der Waals surface area contributed by atoms with Crippen molar-refractivity contribution in [1.82, 2.24) is 4.90 Å². The van der Waals surface area contributed by atoms with Crippen molar-refractivity contribution in [2.24, 2.45) is 5.73 Å². The summed E-state index contributed by atoms with van der Waals surface area (Å²) in [6.45, 7) is 5.52. The van der Waals surface area contributed by atoms with Gasteiger partial charge in [-0.15, -0.1) is 11.8 Å². The number of rotatable bonds is 4. The molecular weight excluding hydrogens is 244 g/mol. The van der Waals surface area contributed by atoms with Gasteiger partial charge in [0.05, 0.1) is 12.7 Å². The molecule has 1 aromatic carbocycles. The Morgan fingerprint density at radius 2 is 2.17 bits per heavy atom. The Balaban J connectivity index is 2.11. The molecule has 0 aliphatic carbocycles. The van der Waals surface area contributed by atoms with Crippen LogP contribution >= 0.6 is 11.8 Å². The van der Waals surface area contributed by atoms with Crippen LogP contribution in [0.3, 0.4) is 0 Å². The highest BCUT2D eigenvalue weighted by Gasteiger charge is 2.24. The van der Waals surface area contributed by atoms with E-state index in [-0.39, 0.29) is 0 Å². The topological polar surface area (TPSA) is 38.5 Å². The van der Waals surface area contributed by atoms with Crippen molar-refractivity contribution >= 4 is 11.8 Å². The van der Waals surface area contributed by atoms with Gasteiger partial charge in [-0.3, -0.25) is 4.90 Å². The quantitative estimate of drug-likeness (QED) is 0.847. The van der Waals surface area contributed by atoms with Crippen LogP contribution in [0.25, 0.3) is 0 Å². The number of morpholine rings is 1. The third-order valence-corrected chi connectivity index (χ3v) is 4.18. The van der Waals surface area contributed by atoms with Gasteiger partial charge in [0, 0.05) is 30.6 Å². The minimum atomic E-state index is 0.304. The van der Waals surface area contributed by atoms with E-state index >= 15 is 0 Å². The van der Waals surface area contributed by atoms with Gasteiger partial charge in [0.1, 0.15) is 0 Å². The maximum absolute atomic E-state index is 5.96. The number of hydrogen-bond donors (Lipinski definition) is 1. The second kappa shape index (κ2) is 6.57. The number of ether oxygens (including phenoxy) is 1. The van der Waals surface area contributed by atoms with Gasteiger partial charge in [-0.25, -0.2) is 0 Å². The van der Waals surface area contributed by atoms with E-state index in [1.54, 1.807) is 11.8 Å². The SMILES string of the molecule is CSc1ccc(C(CN)N2CCOC(C)C2)cc1. The standard InChI is InChI=1S/C14H22N2OS/c1-11-10-16(7-8-17-11)14(9-15)12-3-5-13(18-2)6-4-12/h3-6,11,14H,7-10,15H2,1-2H3.